The summed E-state index contributed by atoms with van der Waals surface area (Å²) in [5, 5.41) is 8.63. The second-order valence-corrected chi connectivity index (χ2v) is 5.45. The van der Waals surface area contributed by atoms with Crippen LogP contribution in [0.25, 0.3) is 0 Å². The van der Waals surface area contributed by atoms with E-state index in [4.69, 9.17) is 10.00 Å². The van der Waals surface area contributed by atoms with Crippen molar-refractivity contribution in [1.82, 2.24) is 4.90 Å². The monoisotopic (exact) mass is 272 g/mol. The highest BCUT2D eigenvalue weighted by Gasteiger charge is 2.27. The molecule has 3 heteroatoms. The molecule has 0 bridgehead atoms. The molecule has 0 N–H and O–H groups in total. The summed E-state index contributed by atoms with van der Waals surface area (Å²) < 4.78 is 5.80. The highest BCUT2D eigenvalue weighted by molar-refractivity contribution is 5.28. The molecule has 0 atom stereocenters. The molecule has 1 saturated carbocycles. The van der Waals surface area contributed by atoms with Crippen molar-refractivity contribution in [2.45, 2.75) is 45.1 Å². The van der Waals surface area contributed by atoms with E-state index in [-0.39, 0.29) is 0 Å². The van der Waals surface area contributed by atoms with Crippen molar-refractivity contribution >= 4 is 0 Å². The molecule has 3 nitrogen and oxygen atoms in total. The number of ether oxygens (including phenoxy) is 1. The Labute approximate surface area is 122 Å². The number of hydrogen-bond acceptors (Lipinski definition) is 3. The number of nitrogens with zero attached hydrogens (tertiary/aromatic N) is 2. The standard InChI is InChI=1S/C17H24N2O/c1-2-3-12-19(16-6-7-16)13-14-20-17-8-4-15(5-9-17)10-11-18/h4-5,8-9,16H,2-3,6-7,10,12-14H2,1H3. The van der Waals surface area contributed by atoms with Gasteiger partial charge in [-0.1, -0.05) is 25.5 Å². The Bertz CT molecular complexity index is 431. The van der Waals surface area contributed by atoms with Crippen LogP contribution < -0.4 is 4.74 Å². The zero-order valence-electron chi connectivity index (χ0n) is 12.3. The zero-order valence-corrected chi connectivity index (χ0v) is 12.3. The molecule has 0 heterocycles. The SMILES string of the molecule is CCCCN(CCOc1ccc(CC#N)cc1)C1CC1. The lowest BCUT2D eigenvalue weighted by atomic mass is 10.2. The third kappa shape index (κ3) is 4.86. The van der Waals surface area contributed by atoms with E-state index < -0.39 is 0 Å². The molecule has 0 amide bonds. The molecule has 0 radical (unpaired) electrons. The molecule has 1 aromatic rings. The summed E-state index contributed by atoms with van der Waals surface area (Å²) in [4.78, 5) is 2.56. The van der Waals surface area contributed by atoms with Crippen LogP contribution >= 0.6 is 0 Å². The topological polar surface area (TPSA) is 36.3 Å². The molecule has 0 spiro atoms. The summed E-state index contributed by atoms with van der Waals surface area (Å²) in [5.41, 5.74) is 1.04. The van der Waals surface area contributed by atoms with E-state index in [9.17, 15) is 0 Å². The fourth-order valence-corrected chi connectivity index (χ4v) is 2.35. The highest BCUT2D eigenvalue weighted by Crippen LogP contribution is 2.26. The fourth-order valence-electron chi connectivity index (χ4n) is 2.35. The second-order valence-electron chi connectivity index (χ2n) is 5.45. The highest BCUT2D eigenvalue weighted by atomic mass is 16.5. The summed E-state index contributed by atoms with van der Waals surface area (Å²) in [5.74, 6) is 0.901. The van der Waals surface area contributed by atoms with Crippen molar-refractivity contribution < 1.29 is 4.74 Å². The van der Waals surface area contributed by atoms with Crippen LogP contribution in [0.4, 0.5) is 0 Å². The van der Waals surface area contributed by atoms with E-state index in [0.717, 1.165) is 30.5 Å². The Morgan fingerprint density at radius 1 is 1.25 bits per heavy atom. The van der Waals surface area contributed by atoms with E-state index in [2.05, 4.69) is 17.9 Å². The third-order valence-corrected chi connectivity index (χ3v) is 3.72. The van der Waals surface area contributed by atoms with Crippen LogP contribution in [-0.2, 0) is 6.42 Å². The van der Waals surface area contributed by atoms with Crippen molar-refractivity contribution in [3.63, 3.8) is 0 Å². The van der Waals surface area contributed by atoms with Gasteiger partial charge in [-0.3, -0.25) is 4.90 Å². The molecule has 20 heavy (non-hydrogen) atoms. The lowest BCUT2D eigenvalue weighted by Gasteiger charge is -2.21. The first-order valence-corrected chi connectivity index (χ1v) is 7.66. The molecule has 2 rings (SSSR count). The number of rotatable bonds is 9. The van der Waals surface area contributed by atoms with Crippen LogP contribution in [0, 0.1) is 11.3 Å². The molecule has 0 aromatic heterocycles. The Kier molecular flexibility index (Phi) is 5.88. The van der Waals surface area contributed by atoms with Crippen LogP contribution in [-0.4, -0.2) is 30.6 Å². The van der Waals surface area contributed by atoms with Gasteiger partial charge in [0.25, 0.3) is 0 Å². The van der Waals surface area contributed by atoms with Crippen molar-refractivity contribution in [1.29, 1.82) is 5.26 Å². The van der Waals surface area contributed by atoms with Crippen LogP contribution in [0.2, 0.25) is 0 Å². The lowest BCUT2D eigenvalue weighted by Crippen LogP contribution is -2.31. The molecule has 1 aromatic carbocycles. The van der Waals surface area contributed by atoms with Gasteiger partial charge in [0.15, 0.2) is 0 Å². The first kappa shape index (κ1) is 14.9. The third-order valence-electron chi connectivity index (χ3n) is 3.72. The number of hydrogen-bond donors (Lipinski definition) is 0. The van der Waals surface area contributed by atoms with Crippen molar-refractivity contribution in [3.8, 4) is 11.8 Å². The smallest absolute Gasteiger partial charge is 0.119 e. The minimum Gasteiger partial charge on any atom is -0.492 e. The summed E-state index contributed by atoms with van der Waals surface area (Å²) in [6, 6.07) is 10.8. The van der Waals surface area contributed by atoms with Gasteiger partial charge in [0.05, 0.1) is 12.5 Å². The van der Waals surface area contributed by atoms with Crippen LogP contribution in [0.15, 0.2) is 24.3 Å². The quantitative estimate of drug-likeness (QED) is 0.691. The van der Waals surface area contributed by atoms with Crippen molar-refractivity contribution in [2.75, 3.05) is 19.7 Å². The first-order chi connectivity index (χ1) is 9.83. The molecule has 0 unspecified atom stereocenters. The van der Waals surface area contributed by atoms with Gasteiger partial charge in [0, 0.05) is 12.6 Å². The predicted octanol–water partition coefficient (Wildman–Crippen LogP) is 3.40. The van der Waals surface area contributed by atoms with E-state index in [1.807, 2.05) is 24.3 Å². The van der Waals surface area contributed by atoms with Gasteiger partial charge in [-0.05, 0) is 43.5 Å². The van der Waals surface area contributed by atoms with E-state index in [1.165, 1.54) is 32.2 Å². The molecule has 1 aliphatic carbocycles. The molecular weight excluding hydrogens is 248 g/mol. The average Bonchev–Trinajstić information content (AvgIpc) is 3.29. The average molecular weight is 272 g/mol. The Morgan fingerprint density at radius 3 is 2.60 bits per heavy atom. The number of benzene rings is 1. The van der Waals surface area contributed by atoms with Crippen LogP contribution in [0.1, 0.15) is 38.2 Å². The van der Waals surface area contributed by atoms with E-state index in [1.54, 1.807) is 0 Å². The van der Waals surface area contributed by atoms with E-state index in [0.29, 0.717) is 6.42 Å². The largest absolute Gasteiger partial charge is 0.492 e. The summed E-state index contributed by atoms with van der Waals surface area (Å²) >= 11 is 0. The maximum absolute atomic E-state index is 8.63. The predicted molar refractivity (Wildman–Crippen MR) is 80.8 cm³/mol. The molecule has 0 saturated heterocycles. The summed E-state index contributed by atoms with van der Waals surface area (Å²) in [6.45, 7) is 5.21. The summed E-state index contributed by atoms with van der Waals surface area (Å²) in [6.07, 6.45) is 5.70. The molecule has 108 valence electrons. The van der Waals surface area contributed by atoms with Crippen LogP contribution in [0.5, 0.6) is 5.75 Å². The molecule has 1 fully saturated rings. The van der Waals surface area contributed by atoms with Gasteiger partial charge in [-0.15, -0.1) is 0 Å². The Hall–Kier alpha value is -1.53. The molecular formula is C17H24N2O. The minimum atomic E-state index is 0.465. The van der Waals surface area contributed by atoms with Gasteiger partial charge < -0.3 is 4.74 Å². The van der Waals surface area contributed by atoms with Crippen molar-refractivity contribution in [2.24, 2.45) is 0 Å². The van der Waals surface area contributed by atoms with E-state index >= 15 is 0 Å². The maximum Gasteiger partial charge on any atom is 0.119 e. The number of nitriles is 1. The maximum atomic E-state index is 8.63. The van der Waals surface area contributed by atoms with Gasteiger partial charge in [0.2, 0.25) is 0 Å². The lowest BCUT2D eigenvalue weighted by molar-refractivity contribution is 0.199. The van der Waals surface area contributed by atoms with Crippen molar-refractivity contribution in [3.05, 3.63) is 29.8 Å². The molecule has 1 aliphatic rings. The first-order valence-electron chi connectivity index (χ1n) is 7.66. The fraction of sp³-hybridized carbons (Fsp3) is 0.588. The van der Waals surface area contributed by atoms with Gasteiger partial charge in [-0.25, -0.2) is 0 Å². The Morgan fingerprint density at radius 2 is 2.00 bits per heavy atom. The zero-order chi connectivity index (χ0) is 14.2. The number of unbranched alkanes of at least 4 members (excludes halogenated alkanes) is 1. The molecule has 0 aliphatic heterocycles. The summed E-state index contributed by atoms with van der Waals surface area (Å²) in [7, 11) is 0. The Balaban J connectivity index is 1.72. The van der Waals surface area contributed by atoms with Gasteiger partial charge >= 0.3 is 0 Å². The van der Waals surface area contributed by atoms with Gasteiger partial charge in [-0.2, -0.15) is 5.26 Å². The van der Waals surface area contributed by atoms with Gasteiger partial charge in [0.1, 0.15) is 12.4 Å². The normalized spacial score (nSPS) is 14.2. The minimum absolute atomic E-state index is 0.465. The second kappa shape index (κ2) is 7.91. The van der Waals surface area contributed by atoms with Crippen LogP contribution in [0.3, 0.4) is 0 Å².